The number of primary amides is 1. The van der Waals surface area contributed by atoms with Crippen molar-refractivity contribution in [2.24, 2.45) is 5.73 Å². The Morgan fingerprint density at radius 2 is 1.95 bits per heavy atom. The molecule has 0 fully saturated rings. The van der Waals surface area contributed by atoms with E-state index in [9.17, 15) is 9.59 Å². The fraction of sp³-hybridized carbons (Fsp3) is 0.214. The van der Waals surface area contributed by atoms with Crippen molar-refractivity contribution in [3.05, 3.63) is 41.7 Å². The number of imide groups is 1. The summed E-state index contributed by atoms with van der Waals surface area (Å²) in [5.74, 6) is -0.368. The lowest BCUT2D eigenvalue weighted by Gasteiger charge is -2.09. The number of aromatic nitrogens is 2. The number of nitrogens with two attached hydrogens (primary N) is 1. The largest absolute Gasteiger partial charge is 0.351 e. The van der Waals surface area contributed by atoms with E-state index in [1.165, 1.54) is 11.8 Å². The van der Waals surface area contributed by atoms with Crippen LogP contribution in [0.25, 0.3) is 5.69 Å². The van der Waals surface area contributed by atoms with Crippen LogP contribution in [0.5, 0.6) is 0 Å². The number of hydrogen-bond donors (Lipinski definition) is 2. The number of carbonyl (C=O) groups is 2. The molecule has 0 radical (unpaired) electrons. The molecule has 0 unspecified atom stereocenters. The smallest absolute Gasteiger partial charge is 0.318 e. The number of nitrogens with zero attached hydrogens (tertiary/aromatic N) is 2. The third kappa shape index (κ3) is 4.09. The van der Waals surface area contributed by atoms with Gasteiger partial charge in [0.25, 0.3) is 0 Å². The van der Waals surface area contributed by atoms with Crippen LogP contribution in [0.2, 0.25) is 0 Å². The normalized spacial score (nSPS) is 10.4. The summed E-state index contributed by atoms with van der Waals surface area (Å²) in [7, 11) is 0. The number of aryl methyl sites for hydroxylation is 2. The summed E-state index contributed by atoms with van der Waals surface area (Å²) in [4.78, 5) is 26.3. The molecule has 7 heteroatoms. The standard InChI is InChI=1S/C14H16N4O2S/c1-9-5-10(2)7-11(6-9)18-4-3-16-14(18)21-8-12(19)17-13(15)20/h3-7H,8H2,1-2H3,(H3,15,17,19,20). The Morgan fingerprint density at radius 3 is 2.57 bits per heavy atom. The van der Waals surface area contributed by atoms with Crippen molar-refractivity contribution in [3.8, 4) is 5.69 Å². The number of thioether (sulfide) groups is 1. The first-order valence-electron chi connectivity index (χ1n) is 6.30. The first kappa shape index (κ1) is 15.1. The third-order valence-electron chi connectivity index (χ3n) is 2.69. The molecule has 1 heterocycles. The van der Waals surface area contributed by atoms with Gasteiger partial charge in [0.15, 0.2) is 5.16 Å². The Bertz CT molecular complexity index is 661. The fourth-order valence-corrected chi connectivity index (χ4v) is 2.76. The summed E-state index contributed by atoms with van der Waals surface area (Å²) in [6.45, 7) is 4.06. The van der Waals surface area contributed by atoms with Gasteiger partial charge >= 0.3 is 6.03 Å². The lowest BCUT2D eigenvalue weighted by Crippen LogP contribution is -2.36. The average Bonchev–Trinajstić information content (AvgIpc) is 2.82. The Balaban J connectivity index is 2.15. The number of hydrogen-bond acceptors (Lipinski definition) is 4. The van der Waals surface area contributed by atoms with Gasteiger partial charge in [0.1, 0.15) is 0 Å². The van der Waals surface area contributed by atoms with Crippen LogP contribution in [0.4, 0.5) is 4.79 Å². The van der Waals surface area contributed by atoms with Gasteiger partial charge in [0.05, 0.1) is 5.75 Å². The van der Waals surface area contributed by atoms with E-state index in [1.807, 2.05) is 42.1 Å². The van der Waals surface area contributed by atoms with Crippen molar-refractivity contribution in [1.82, 2.24) is 14.9 Å². The van der Waals surface area contributed by atoms with Gasteiger partial charge in [-0.2, -0.15) is 0 Å². The zero-order valence-electron chi connectivity index (χ0n) is 11.8. The molecular weight excluding hydrogens is 288 g/mol. The lowest BCUT2D eigenvalue weighted by molar-refractivity contribution is -0.117. The fourth-order valence-electron chi connectivity index (χ4n) is 1.99. The third-order valence-corrected chi connectivity index (χ3v) is 3.65. The summed E-state index contributed by atoms with van der Waals surface area (Å²) in [5.41, 5.74) is 8.19. The highest BCUT2D eigenvalue weighted by molar-refractivity contribution is 7.99. The highest BCUT2D eigenvalue weighted by atomic mass is 32.2. The van der Waals surface area contributed by atoms with Gasteiger partial charge < -0.3 is 5.73 Å². The first-order chi connectivity index (χ1) is 9.95. The van der Waals surface area contributed by atoms with Crippen LogP contribution in [-0.2, 0) is 4.79 Å². The summed E-state index contributed by atoms with van der Waals surface area (Å²) in [6, 6.07) is 5.33. The Labute approximate surface area is 126 Å². The van der Waals surface area contributed by atoms with Gasteiger partial charge in [-0.25, -0.2) is 9.78 Å². The van der Waals surface area contributed by atoms with Crippen molar-refractivity contribution < 1.29 is 9.59 Å². The van der Waals surface area contributed by atoms with Crippen LogP contribution in [0, 0.1) is 13.8 Å². The van der Waals surface area contributed by atoms with E-state index < -0.39 is 11.9 Å². The molecule has 3 amide bonds. The number of imidazole rings is 1. The monoisotopic (exact) mass is 304 g/mol. The molecular formula is C14H16N4O2S. The minimum absolute atomic E-state index is 0.0742. The van der Waals surface area contributed by atoms with Crippen molar-refractivity contribution >= 4 is 23.7 Å². The van der Waals surface area contributed by atoms with Gasteiger partial charge in [-0.1, -0.05) is 17.8 Å². The van der Waals surface area contributed by atoms with Gasteiger partial charge in [-0.05, 0) is 37.1 Å². The van der Waals surface area contributed by atoms with Crippen molar-refractivity contribution in [2.75, 3.05) is 5.75 Å². The molecule has 2 rings (SSSR count). The Hall–Kier alpha value is -2.28. The number of benzene rings is 1. The van der Waals surface area contributed by atoms with E-state index in [0.717, 1.165) is 16.8 Å². The number of rotatable bonds is 4. The molecule has 0 saturated carbocycles. The molecule has 0 aliphatic heterocycles. The van der Waals surface area contributed by atoms with Crippen LogP contribution in [0.3, 0.4) is 0 Å². The van der Waals surface area contributed by atoms with Crippen LogP contribution < -0.4 is 11.1 Å². The quantitative estimate of drug-likeness (QED) is 0.842. The summed E-state index contributed by atoms with van der Waals surface area (Å²) in [6.07, 6.45) is 3.51. The molecule has 2 aromatic rings. The van der Waals surface area contributed by atoms with Gasteiger partial charge in [0.2, 0.25) is 5.91 Å². The molecule has 1 aromatic carbocycles. The van der Waals surface area contributed by atoms with E-state index in [-0.39, 0.29) is 5.75 Å². The predicted octanol–water partition coefficient (Wildman–Crippen LogP) is 1.78. The second-order valence-electron chi connectivity index (χ2n) is 4.63. The SMILES string of the molecule is Cc1cc(C)cc(-n2ccnc2SCC(=O)NC(N)=O)c1. The number of urea groups is 1. The molecule has 0 atom stereocenters. The van der Waals surface area contributed by atoms with Gasteiger partial charge in [-0.3, -0.25) is 14.7 Å². The Morgan fingerprint density at radius 1 is 1.29 bits per heavy atom. The number of amides is 3. The number of nitrogens with one attached hydrogen (secondary N) is 1. The zero-order valence-corrected chi connectivity index (χ0v) is 12.6. The molecule has 3 N–H and O–H groups in total. The molecule has 0 aliphatic rings. The first-order valence-corrected chi connectivity index (χ1v) is 7.28. The minimum Gasteiger partial charge on any atom is -0.351 e. The van der Waals surface area contributed by atoms with Crippen LogP contribution in [-0.4, -0.2) is 27.2 Å². The van der Waals surface area contributed by atoms with Gasteiger partial charge in [0, 0.05) is 18.1 Å². The molecule has 21 heavy (non-hydrogen) atoms. The molecule has 1 aromatic heterocycles. The van der Waals surface area contributed by atoms with Gasteiger partial charge in [-0.15, -0.1) is 0 Å². The maximum Gasteiger partial charge on any atom is 0.318 e. The maximum atomic E-state index is 11.4. The molecule has 0 bridgehead atoms. The summed E-state index contributed by atoms with van der Waals surface area (Å²) >= 11 is 1.24. The maximum absolute atomic E-state index is 11.4. The van der Waals surface area contributed by atoms with Crippen LogP contribution in [0.1, 0.15) is 11.1 Å². The Kier molecular flexibility index (Phi) is 4.64. The summed E-state index contributed by atoms with van der Waals surface area (Å²) < 4.78 is 1.90. The second kappa shape index (κ2) is 6.45. The zero-order chi connectivity index (χ0) is 15.4. The average molecular weight is 304 g/mol. The molecule has 110 valence electrons. The van der Waals surface area contributed by atoms with Crippen molar-refractivity contribution in [1.29, 1.82) is 0 Å². The molecule has 0 saturated heterocycles. The van der Waals surface area contributed by atoms with E-state index in [4.69, 9.17) is 5.73 Å². The topological polar surface area (TPSA) is 90.0 Å². The summed E-state index contributed by atoms with van der Waals surface area (Å²) in [5, 5.41) is 2.70. The highest BCUT2D eigenvalue weighted by Crippen LogP contribution is 2.21. The number of carbonyl (C=O) groups excluding carboxylic acids is 2. The highest BCUT2D eigenvalue weighted by Gasteiger charge is 2.10. The van der Waals surface area contributed by atoms with Crippen molar-refractivity contribution in [2.45, 2.75) is 19.0 Å². The minimum atomic E-state index is -0.849. The van der Waals surface area contributed by atoms with E-state index in [1.54, 1.807) is 6.20 Å². The lowest BCUT2D eigenvalue weighted by atomic mass is 10.1. The van der Waals surface area contributed by atoms with Crippen molar-refractivity contribution in [3.63, 3.8) is 0 Å². The van der Waals surface area contributed by atoms with E-state index in [0.29, 0.717) is 5.16 Å². The predicted molar refractivity (Wildman–Crippen MR) is 81.5 cm³/mol. The molecule has 6 nitrogen and oxygen atoms in total. The van der Waals surface area contributed by atoms with E-state index in [2.05, 4.69) is 11.1 Å². The molecule has 0 spiro atoms. The van der Waals surface area contributed by atoms with Crippen LogP contribution in [0.15, 0.2) is 35.7 Å². The molecule has 0 aliphatic carbocycles. The van der Waals surface area contributed by atoms with E-state index >= 15 is 0 Å². The second-order valence-corrected chi connectivity index (χ2v) is 5.57. The van der Waals surface area contributed by atoms with Crippen LogP contribution >= 0.6 is 11.8 Å².